The Kier molecular flexibility index (Phi) is 12.5. The molecule has 13 nitrogen and oxygen atoms in total. The van der Waals surface area contributed by atoms with Crippen LogP contribution in [-0.2, 0) is 19.2 Å². The number of amidine groups is 1. The molecule has 4 atom stereocenters. The normalized spacial score (nSPS) is 17.6. The fourth-order valence-electron chi connectivity index (χ4n) is 5.86. The van der Waals surface area contributed by atoms with Crippen molar-refractivity contribution in [1.29, 1.82) is 0 Å². The van der Waals surface area contributed by atoms with E-state index in [1.54, 1.807) is 32.8 Å². The first kappa shape index (κ1) is 37.7. The van der Waals surface area contributed by atoms with Gasteiger partial charge in [-0.05, 0) is 45.2 Å². The number of pyridine rings is 1. The van der Waals surface area contributed by atoms with Crippen LogP contribution in [0.4, 0.5) is 4.79 Å². The lowest BCUT2D eigenvalue weighted by Crippen LogP contribution is -2.57. The number of nitrogens with zero attached hydrogens (tertiary/aromatic N) is 3. The number of nitrogens with one attached hydrogen (secondary N) is 2. The lowest BCUT2D eigenvalue weighted by Gasteiger charge is -2.32. The average molecular weight is 692 g/mol. The number of aromatic nitrogens is 1. The number of carbonyl (C=O) groups excluding carboxylic acids is 2. The predicted octanol–water partition coefficient (Wildman–Crippen LogP) is 5.61. The standard InChI is InChI=1S/C37H49N5O8/c1-9-13-27(35(44)45)39-33(41-48-8)30-19-25(21-42(30)34(43)32(22(2)3)40-36(46)50-37(4,5)6)49-31-20-28(23-14-11-10-12-15-23)38-29-18-24(47-7)16-17-26(29)31/h10-12,14-18,20,22,25,27,30,32H,9,13,19,21H2,1-8H3,(H,39,41)(H,40,46)(H,44,45)/t25-,27+,30+,32?/m1/s1. The zero-order chi connectivity index (χ0) is 36.6. The van der Waals surface area contributed by atoms with Crippen molar-refractivity contribution in [1.82, 2.24) is 20.5 Å². The summed E-state index contributed by atoms with van der Waals surface area (Å²) in [5, 5.41) is 20.6. The van der Waals surface area contributed by atoms with Gasteiger partial charge >= 0.3 is 12.1 Å². The summed E-state index contributed by atoms with van der Waals surface area (Å²) in [4.78, 5) is 51.1. The van der Waals surface area contributed by atoms with Gasteiger partial charge in [0.2, 0.25) is 5.91 Å². The minimum atomic E-state index is -1.06. The summed E-state index contributed by atoms with van der Waals surface area (Å²) in [5.74, 6) is -0.410. The Hall–Kier alpha value is -5.07. The van der Waals surface area contributed by atoms with Crippen molar-refractivity contribution >= 4 is 34.7 Å². The van der Waals surface area contributed by atoms with Crippen molar-refractivity contribution in [3.8, 4) is 22.8 Å². The Morgan fingerprint density at radius 3 is 2.38 bits per heavy atom. The van der Waals surface area contributed by atoms with Gasteiger partial charge in [0.1, 0.15) is 42.4 Å². The number of benzene rings is 2. The highest BCUT2D eigenvalue weighted by atomic mass is 16.6. The topological polar surface area (TPSA) is 161 Å². The molecule has 0 saturated carbocycles. The summed E-state index contributed by atoms with van der Waals surface area (Å²) in [5.41, 5.74) is 1.48. The molecule has 50 heavy (non-hydrogen) atoms. The molecule has 2 aromatic carbocycles. The smallest absolute Gasteiger partial charge is 0.408 e. The molecule has 1 saturated heterocycles. The third-order valence-corrected chi connectivity index (χ3v) is 8.20. The Bertz CT molecular complexity index is 1670. The summed E-state index contributed by atoms with van der Waals surface area (Å²) in [6.07, 6.45) is -0.118. The number of ether oxygens (including phenoxy) is 3. The van der Waals surface area contributed by atoms with Gasteiger partial charge in [-0.3, -0.25) is 4.79 Å². The van der Waals surface area contributed by atoms with Gasteiger partial charge in [0.25, 0.3) is 0 Å². The van der Waals surface area contributed by atoms with Gasteiger partial charge in [-0.1, -0.05) is 62.7 Å². The van der Waals surface area contributed by atoms with Crippen molar-refractivity contribution < 1.29 is 38.5 Å². The van der Waals surface area contributed by atoms with Crippen LogP contribution in [0.2, 0.25) is 0 Å². The Labute approximate surface area is 293 Å². The first-order valence-corrected chi connectivity index (χ1v) is 16.9. The summed E-state index contributed by atoms with van der Waals surface area (Å²) >= 11 is 0. The molecule has 3 N–H and O–H groups in total. The molecule has 2 amide bonds. The number of carboxylic acids is 1. The van der Waals surface area contributed by atoms with E-state index < -0.39 is 47.8 Å². The summed E-state index contributed by atoms with van der Waals surface area (Å²) in [7, 11) is 2.95. The highest BCUT2D eigenvalue weighted by Crippen LogP contribution is 2.35. The molecule has 3 aromatic rings. The number of oxime groups is 1. The van der Waals surface area contributed by atoms with Gasteiger partial charge in [-0.25, -0.2) is 14.6 Å². The lowest BCUT2D eigenvalue weighted by atomic mass is 10.0. The van der Waals surface area contributed by atoms with Crippen LogP contribution in [0.25, 0.3) is 22.2 Å². The minimum absolute atomic E-state index is 0.110. The molecule has 13 heteroatoms. The molecule has 1 aromatic heterocycles. The van der Waals surface area contributed by atoms with Crippen LogP contribution < -0.4 is 20.1 Å². The average Bonchev–Trinajstić information content (AvgIpc) is 3.49. The van der Waals surface area contributed by atoms with Gasteiger partial charge in [-0.2, -0.15) is 0 Å². The lowest BCUT2D eigenvalue weighted by molar-refractivity contribution is -0.139. The van der Waals surface area contributed by atoms with Gasteiger partial charge in [-0.15, -0.1) is 0 Å². The van der Waals surface area contributed by atoms with E-state index in [2.05, 4.69) is 15.8 Å². The van der Waals surface area contributed by atoms with E-state index in [1.807, 2.05) is 75.4 Å². The summed E-state index contributed by atoms with van der Waals surface area (Å²) in [6, 6.07) is 14.4. The van der Waals surface area contributed by atoms with Crippen LogP contribution in [0.1, 0.15) is 60.8 Å². The maximum absolute atomic E-state index is 14.4. The van der Waals surface area contributed by atoms with E-state index in [-0.39, 0.29) is 24.7 Å². The van der Waals surface area contributed by atoms with Crippen LogP contribution >= 0.6 is 0 Å². The molecule has 1 aliphatic heterocycles. The number of methoxy groups -OCH3 is 1. The zero-order valence-electron chi connectivity index (χ0n) is 30.1. The maximum atomic E-state index is 14.4. The maximum Gasteiger partial charge on any atom is 0.408 e. The molecule has 4 rings (SSSR count). The number of carbonyl (C=O) groups is 3. The number of fused-ring (bicyclic) bond motifs is 1. The van der Waals surface area contributed by atoms with Crippen molar-refractivity contribution in [2.75, 3.05) is 20.8 Å². The van der Waals surface area contributed by atoms with Crippen LogP contribution in [0.15, 0.2) is 59.8 Å². The van der Waals surface area contributed by atoms with Crippen LogP contribution in [0.5, 0.6) is 11.5 Å². The number of likely N-dealkylation sites (tertiary alicyclic amines) is 1. The second-order valence-corrected chi connectivity index (χ2v) is 13.6. The van der Waals surface area contributed by atoms with Gasteiger partial charge in [0.15, 0.2) is 5.84 Å². The Morgan fingerprint density at radius 2 is 1.78 bits per heavy atom. The van der Waals surface area contributed by atoms with Crippen molar-refractivity contribution in [2.24, 2.45) is 11.1 Å². The second kappa shape index (κ2) is 16.6. The summed E-state index contributed by atoms with van der Waals surface area (Å²) in [6.45, 7) is 10.9. The van der Waals surface area contributed by atoms with E-state index in [4.69, 9.17) is 24.0 Å². The molecule has 1 aliphatic rings. The predicted molar refractivity (Wildman–Crippen MR) is 190 cm³/mol. The van der Waals surface area contributed by atoms with Crippen molar-refractivity contribution in [3.05, 3.63) is 54.6 Å². The zero-order valence-corrected chi connectivity index (χ0v) is 30.1. The van der Waals surface area contributed by atoms with E-state index >= 15 is 0 Å². The number of hydrogen-bond acceptors (Lipinski definition) is 9. The molecule has 1 fully saturated rings. The van der Waals surface area contributed by atoms with Crippen molar-refractivity contribution in [2.45, 2.75) is 90.6 Å². The van der Waals surface area contributed by atoms with Gasteiger partial charge in [0, 0.05) is 29.5 Å². The molecule has 2 heterocycles. The number of rotatable bonds is 13. The molecule has 0 spiro atoms. The molecule has 270 valence electrons. The largest absolute Gasteiger partial charge is 0.497 e. The molecule has 1 unspecified atom stereocenters. The Morgan fingerprint density at radius 1 is 1.06 bits per heavy atom. The molecular weight excluding hydrogens is 642 g/mol. The number of aliphatic carboxylic acids is 1. The van der Waals surface area contributed by atoms with Crippen LogP contribution in [0, 0.1) is 5.92 Å². The van der Waals surface area contributed by atoms with Crippen LogP contribution in [0.3, 0.4) is 0 Å². The number of hydrogen-bond donors (Lipinski definition) is 3. The van der Waals surface area contributed by atoms with E-state index in [9.17, 15) is 19.5 Å². The van der Waals surface area contributed by atoms with E-state index in [0.29, 0.717) is 35.6 Å². The highest BCUT2D eigenvalue weighted by Gasteiger charge is 2.44. The van der Waals surface area contributed by atoms with Gasteiger partial charge < -0.3 is 39.7 Å². The second-order valence-electron chi connectivity index (χ2n) is 13.6. The molecule has 0 bridgehead atoms. The first-order valence-electron chi connectivity index (χ1n) is 16.9. The van der Waals surface area contributed by atoms with Crippen molar-refractivity contribution in [3.63, 3.8) is 0 Å². The number of amides is 2. The highest BCUT2D eigenvalue weighted by molar-refractivity contribution is 5.96. The third kappa shape index (κ3) is 9.54. The molecule has 0 aliphatic carbocycles. The quantitative estimate of drug-likeness (QED) is 0.117. The number of carboxylic acid groups (broad SMARTS) is 1. The monoisotopic (exact) mass is 691 g/mol. The summed E-state index contributed by atoms with van der Waals surface area (Å²) < 4.78 is 17.7. The minimum Gasteiger partial charge on any atom is -0.497 e. The SMILES string of the molecule is CCC[C@H](NC(=NOC)[C@@H]1C[C@@H](Oc2cc(-c3ccccc3)nc3cc(OC)ccc23)CN1C(=O)C(NC(=O)OC(C)(C)C)C(C)C)C(=O)O. The molecule has 0 radical (unpaired) electrons. The molecular formula is C37H49N5O8. The number of alkyl carbamates (subject to hydrolysis) is 1. The third-order valence-electron chi connectivity index (χ3n) is 8.20. The first-order chi connectivity index (χ1) is 23.7. The fourth-order valence-corrected chi connectivity index (χ4v) is 5.86. The van der Waals surface area contributed by atoms with Crippen LogP contribution in [-0.4, -0.2) is 89.4 Å². The van der Waals surface area contributed by atoms with E-state index in [0.717, 1.165) is 10.9 Å². The van der Waals surface area contributed by atoms with E-state index in [1.165, 1.54) is 7.11 Å². The fraction of sp³-hybridized carbons (Fsp3) is 0.486. The van der Waals surface area contributed by atoms with Gasteiger partial charge in [0.05, 0.1) is 30.9 Å². The Balaban J connectivity index is 1.75.